The summed E-state index contributed by atoms with van der Waals surface area (Å²) in [5.41, 5.74) is 1.74. The molecule has 1 unspecified atom stereocenters. The van der Waals surface area contributed by atoms with Gasteiger partial charge in [0.25, 0.3) is 0 Å². The molecule has 2 heterocycles. The first kappa shape index (κ1) is 18.2. The SMILES string of the molecule is CC(C)c1ncc(N2CCN(C3CC4(CCCCC4)C3)C(CO)C2)cn1. The fourth-order valence-corrected chi connectivity index (χ4v) is 5.42. The van der Waals surface area contributed by atoms with Gasteiger partial charge in [0, 0.05) is 31.6 Å². The Hall–Kier alpha value is -1.20. The molecule has 1 aromatic heterocycles. The Balaban J connectivity index is 1.37. The Morgan fingerprint density at radius 1 is 1.12 bits per heavy atom. The smallest absolute Gasteiger partial charge is 0.130 e. The van der Waals surface area contributed by atoms with Gasteiger partial charge in [-0.2, -0.15) is 0 Å². The molecule has 0 radical (unpaired) electrons. The Kier molecular flexibility index (Phi) is 5.20. The molecule has 0 bridgehead atoms. The molecule has 26 heavy (non-hydrogen) atoms. The highest BCUT2D eigenvalue weighted by Crippen LogP contribution is 2.53. The number of nitrogens with zero attached hydrogens (tertiary/aromatic N) is 4. The third-order valence-electron chi connectivity index (χ3n) is 7.00. The largest absolute Gasteiger partial charge is 0.395 e. The molecule has 4 rings (SSSR count). The first-order valence-corrected chi connectivity index (χ1v) is 10.5. The van der Waals surface area contributed by atoms with E-state index in [1.54, 1.807) is 0 Å². The average Bonchev–Trinajstić information content (AvgIpc) is 2.66. The first-order valence-electron chi connectivity index (χ1n) is 10.5. The highest BCUT2D eigenvalue weighted by molar-refractivity contribution is 5.43. The van der Waals surface area contributed by atoms with E-state index in [2.05, 4.69) is 33.6 Å². The fraction of sp³-hybridized carbons (Fsp3) is 0.810. The summed E-state index contributed by atoms with van der Waals surface area (Å²) in [6, 6.07) is 0.923. The van der Waals surface area contributed by atoms with Crippen molar-refractivity contribution in [2.24, 2.45) is 5.41 Å². The molecule has 1 N–H and O–H groups in total. The van der Waals surface area contributed by atoms with Gasteiger partial charge in [-0.05, 0) is 31.1 Å². The van der Waals surface area contributed by atoms with Gasteiger partial charge in [-0.25, -0.2) is 9.97 Å². The Bertz CT molecular complexity index is 589. The molecular weight excluding hydrogens is 324 g/mol. The number of aromatic nitrogens is 2. The maximum absolute atomic E-state index is 10.0. The number of anilines is 1. The quantitative estimate of drug-likeness (QED) is 0.896. The topological polar surface area (TPSA) is 52.5 Å². The number of aliphatic hydroxyl groups excluding tert-OH is 1. The molecule has 2 saturated carbocycles. The highest BCUT2D eigenvalue weighted by atomic mass is 16.3. The minimum absolute atomic E-state index is 0.236. The highest BCUT2D eigenvalue weighted by Gasteiger charge is 2.48. The Morgan fingerprint density at radius 2 is 1.81 bits per heavy atom. The van der Waals surface area contributed by atoms with Crippen molar-refractivity contribution < 1.29 is 5.11 Å². The molecule has 3 aliphatic rings. The van der Waals surface area contributed by atoms with Gasteiger partial charge < -0.3 is 10.0 Å². The average molecular weight is 359 g/mol. The van der Waals surface area contributed by atoms with E-state index in [0.717, 1.165) is 31.1 Å². The van der Waals surface area contributed by atoms with Crippen molar-refractivity contribution in [3.63, 3.8) is 0 Å². The van der Waals surface area contributed by atoms with Crippen molar-refractivity contribution >= 4 is 5.69 Å². The van der Waals surface area contributed by atoms with Crippen LogP contribution in [-0.2, 0) is 0 Å². The standard InChI is InChI=1S/C21H34N4O/c1-16(2)20-22-12-18(13-23-20)24-8-9-25(19(14-24)15-26)17-10-21(11-17)6-4-3-5-7-21/h12-13,16-17,19,26H,3-11,14-15H2,1-2H3. The third-order valence-corrected chi connectivity index (χ3v) is 7.00. The molecule has 5 nitrogen and oxygen atoms in total. The predicted octanol–water partition coefficient (Wildman–Crippen LogP) is 3.20. The lowest BCUT2D eigenvalue weighted by Crippen LogP contribution is -2.62. The van der Waals surface area contributed by atoms with Crippen LogP contribution in [0.1, 0.15) is 70.5 Å². The van der Waals surface area contributed by atoms with E-state index < -0.39 is 0 Å². The van der Waals surface area contributed by atoms with Crippen molar-refractivity contribution in [2.75, 3.05) is 31.1 Å². The van der Waals surface area contributed by atoms with E-state index in [4.69, 9.17) is 0 Å². The monoisotopic (exact) mass is 358 g/mol. The normalized spacial score (nSPS) is 27.1. The van der Waals surface area contributed by atoms with Crippen molar-refractivity contribution in [3.05, 3.63) is 18.2 Å². The Morgan fingerprint density at radius 3 is 2.42 bits per heavy atom. The van der Waals surface area contributed by atoms with E-state index in [9.17, 15) is 5.11 Å². The van der Waals surface area contributed by atoms with Crippen molar-refractivity contribution in [3.8, 4) is 0 Å². The second-order valence-electron chi connectivity index (χ2n) is 9.10. The molecule has 1 spiro atoms. The summed E-state index contributed by atoms with van der Waals surface area (Å²) in [6.45, 7) is 7.40. The first-order chi connectivity index (χ1) is 12.6. The van der Waals surface area contributed by atoms with Crippen LogP contribution in [-0.4, -0.2) is 58.3 Å². The molecule has 1 atom stereocenters. The Labute approximate surface area is 157 Å². The van der Waals surface area contributed by atoms with Crippen LogP contribution in [0.5, 0.6) is 0 Å². The molecule has 144 valence electrons. The summed E-state index contributed by atoms with van der Waals surface area (Å²) < 4.78 is 0. The number of hydrogen-bond acceptors (Lipinski definition) is 5. The predicted molar refractivity (Wildman–Crippen MR) is 104 cm³/mol. The van der Waals surface area contributed by atoms with E-state index >= 15 is 0 Å². The van der Waals surface area contributed by atoms with Gasteiger partial charge in [-0.15, -0.1) is 0 Å². The van der Waals surface area contributed by atoms with Crippen molar-refractivity contribution in [2.45, 2.75) is 76.8 Å². The summed E-state index contributed by atoms with van der Waals surface area (Å²) in [5.74, 6) is 1.26. The zero-order chi connectivity index (χ0) is 18.1. The zero-order valence-electron chi connectivity index (χ0n) is 16.4. The van der Waals surface area contributed by atoms with Crippen LogP contribution in [0.2, 0.25) is 0 Å². The lowest BCUT2D eigenvalue weighted by Gasteiger charge is -2.57. The molecule has 0 aromatic carbocycles. The number of rotatable bonds is 4. The second-order valence-corrected chi connectivity index (χ2v) is 9.10. The van der Waals surface area contributed by atoms with Crippen LogP contribution in [0.4, 0.5) is 5.69 Å². The summed E-state index contributed by atoms with van der Waals surface area (Å²) in [6.07, 6.45) is 13.8. The molecular formula is C21H34N4O. The van der Waals surface area contributed by atoms with Gasteiger partial charge in [-0.1, -0.05) is 33.1 Å². The van der Waals surface area contributed by atoms with Crippen molar-refractivity contribution in [1.29, 1.82) is 0 Å². The van der Waals surface area contributed by atoms with Gasteiger partial charge in [-0.3, -0.25) is 4.90 Å². The van der Waals surface area contributed by atoms with Crippen LogP contribution < -0.4 is 4.90 Å². The molecule has 0 amide bonds. The maximum Gasteiger partial charge on any atom is 0.130 e. The third kappa shape index (κ3) is 3.48. The van der Waals surface area contributed by atoms with Crippen LogP contribution >= 0.6 is 0 Å². The van der Waals surface area contributed by atoms with E-state index in [1.165, 1.54) is 44.9 Å². The zero-order valence-corrected chi connectivity index (χ0v) is 16.4. The van der Waals surface area contributed by atoms with Crippen LogP contribution in [0, 0.1) is 5.41 Å². The van der Waals surface area contributed by atoms with Crippen LogP contribution in [0.3, 0.4) is 0 Å². The van der Waals surface area contributed by atoms with Gasteiger partial charge in [0.2, 0.25) is 0 Å². The summed E-state index contributed by atoms with van der Waals surface area (Å²) in [4.78, 5) is 14.0. The fourth-order valence-electron chi connectivity index (χ4n) is 5.42. The lowest BCUT2D eigenvalue weighted by molar-refractivity contribution is -0.0546. The molecule has 1 aromatic rings. The van der Waals surface area contributed by atoms with Gasteiger partial charge >= 0.3 is 0 Å². The minimum atomic E-state index is 0.236. The van der Waals surface area contributed by atoms with Crippen LogP contribution in [0.25, 0.3) is 0 Å². The molecule has 3 fully saturated rings. The number of aliphatic hydroxyl groups is 1. The second kappa shape index (κ2) is 7.43. The van der Waals surface area contributed by atoms with E-state index in [0.29, 0.717) is 17.4 Å². The van der Waals surface area contributed by atoms with Gasteiger partial charge in [0.05, 0.1) is 30.7 Å². The summed E-state index contributed by atoms with van der Waals surface area (Å²) >= 11 is 0. The molecule has 2 aliphatic carbocycles. The summed E-state index contributed by atoms with van der Waals surface area (Å²) in [7, 11) is 0. The van der Waals surface area contributed by atoms with E-state index in [1.807, 2.05) is 12.4 Å². The molecule has 1 aliphatic heterocycles. The van der Waals surface area contributed by atoms with Crippen molar-refractivity contribution in [1.82, 2.24) is 14.9 Å². The minimum Gasteiger partial charge on any atom is -0.395 e. The lowest BCUT2D eigenvalue weighted by atomic mass is 9.58. The van der Waals surface area contributed by atoms with E-state index in [-0.39, 0.29) is 12.6 Å². The molecule has 5 heteroatoms. The number of hydrogen-bond donors (Lipinski definition) is 1. The van der Waals surface area contributed by atoms with Crippen LogP contribution in [0.15, 0.2) is 12.4 Å². The van der Waals surface area contributed by atoms with Gasteiger partial charge in [0.1, 0.15) is 5.82 Å². The molecule has 1 saturated heterocycles. The summed E-state index contributed by atoms with van der Waals surface area (Å²) in [5, 5.41) is 10.0. The maximum atomic E-state index is 10.0. The number of piperazine rings is 1. The van der Waals surface area contributed by atoms with Gasteiger partial charge in [0.15, 0.2) is 0 Å².